The van der Waals surface area contributed by atoms with Gasteiger partial charge in [-0.05, 0) is 19.1 Å². The summed E-state index contributed by atoms with van der Waals surface area (Å²) in [5.74, 6) is -0.170. The van der Waals surface area contributed by atoms with Gasteiger partial charge < -0.3 is 20.1 Å². The van der Waals surface area contributed by atoms with E-state index in [-0.39, 0.29) is 20.6 Å². The number of nitrogens with one attached hydrogen (secondary N) is 2. The summed E-state index contributed by atoms with van der Waals surface area (Å²) in [6.45, 7) is 1.53. The Morgan fingerprint density at radius 2 is 1.63 bits per heavy atom. The first-order chi connectivity index (χ1) is 12.8. The lowest BCUT2D eigenvalue weighted by molar-refractivity contribution is -0.117. The Balaban J connectivity index is 2.12. The Labute approximate surface area is 171 Å². The van der Waals surface area contributed by atoms with Crippen molar-refractivity contribution in [2.75, 3.05) is 19.5 Å². The first kappa shape index (κ1) is 21.2. The summed E-state index contributed by atoms with van der Waals surface area (Å²) in [7, 11) is 2.94. The lowest BCUT2D eigenvalue weighted by atomic mass is 10.2. The first-order valence-corrected chi connectivity index (χ1v) is 8.89. The largest absolute Gasteiger partial charge is 0.493 e. The van der Waals surface area contributed by atoms with Gasteiger partial charge in [-0.25, -0.2) is 0 Å². The van der Waals surface area contributed by atoms with Crippen LogP contribution in [0.3, 0.4) is 0 Å². The third-order valence-corrected chi connectivity index (χ3v) is 4.80. The fraction of sp³-hybridized carbons (Fsp3) is 0.222. The van der Waals surface area contributed by atoms with Gasteiger partial charge in [0.15, 0.2) is 11.5 Å². The molecule has 27 heavy (non-hydrogen) atoms. The highest BCUT2D eigenvalue weighted by atomic mass is 35.5. The van der Waals surface area contributed by atoms with Crippen molar-refractivity contribution in [3.8, 4) is 11.5 Å². The van der Waals surface area contributed by atoms with Gasteiger partial charge in [-0.2, -0.15) is 0 Å². The lowest BCUT2D eigenvalue weighted by Crippen LogP contribution is -2.41. The van der Waals surface area contributed by atoms with Crippen LogP contribution in [0.1, 0.15) is 17.3 Å². The van der Waals surface area contributed by atoms with E-state index in [9.17, 15) is 9.59 Å². The van der Waals surface area contributed by atoms with E-state index in [1.165, 1.54) is 39.3 Å². The van der Waals surface area contributed by atoms with Crippen molar-refractivity contribution in [1.29, 1.82) is 0 Å². The van der Waals surface area contributed by atoms with E-state index in [2.05, 4.69) is 10.6 Å². The van der Waals surface area contributed by atoms with Crippen LogP contribution in [0.25, 0.3) is 0 Å². The number of carbonyl (C=O) groups excluding carboxylic acids is 2. The summed E-state index contributed by atoms with van der Waals surface area (Å²) in [5.41, 5.74) is 0.495. The van der Waals surface area contributed by atoms with Crippen LogP contribution in [-0.4, -0.2) is 32.1 Å². The lowest BCUT2D eigenvalue weighted by Gasteiger charge is -2.17. The second-order valence-corrected chi connectivity index (χ2v) is 6.67. The molecule has 2 N–H and O–H groups in total. The Hall–Kier alpha value is -2.15. The van der Waals surface area contributed by atoms with Crippen molar-refractivity contribution in [3.63, 3.8) is 0 Å². The number of amides is 2. The highest BCUT2D eigenvalue weighted by Gasteiger charge is 2.20. The smallest absolute Gasteiger partial charge is 0.253 e. The fourth-order valence-corrected chi connectivity index (χ4v) is 2.80. The van der Waals surface area contributed by atoms with Gasteiger partial charge in [0.1, 0.15) is 6.04 Å². The van der Waals surface area contributed by atoms with Crippen molar-refractivity contribution in [3.05, 3.63) is 51.0 Å². The van der Waals surface area contributed by atoms with Crippen LogP contribution in [0.5, 0.6) is 11.5 Å². The number of halogens is 3. The molecule has 0 spiro atoms. The topological polar surface area (TPSA) is 76.7 Å². The van der Waals surface area contributed by atoms with E-state index in [1.54, 1.807) is 12.1 Å². The summed E-state index contributed by atoms with van der Waals surface area (Å²) < 4.78 is 10.3. The van der Waals surface area contributed by atoms with E-state index >= 15 is 0 Å². The van der Waals surface area contributed by atoms with Crippen LogP contribution < -0.4 is 20.1 Å². The van der Waals surface area contributed by atoms with Crippen LogP contribution in [0.2, 0.25) is 15.1 Å². The predicted octanol–water partition coefficient (Wildman–Crippen LogP) is 4.42. The molecule has 0 aliphatic rings. The standard InChI is InChI=1S/C18H17Cl3N2O4/c1-9(22-18(25)10-5-4-6-11(19)16(10)21)17(24)23-13-8-15(27-3)14(26-2)7-12(13)20/h4-9H,1-3H3,(H,22,25)(H,23,24). The number of anilines is 1. The molecule has 9 heteroatoms. The SMILES string of the molecule is COc1cc(Cl)c(NC(=O)C(C)NC(=O)c2cccc(Cl)c2Cl)cc1OC. The Bertz CT molecular complexity index is 874. The molecule has 0 aliphatic heterocycles. The molecule has 6 nitrogen and oxygen atoms in total. The summed E-state index contributed by atoms with van der Waals surface area (Å²) in [5, 5.41) is 5.83. The van der Waals surface area contributed by atoms with Gasteiger partial charge in [-0.15, -0.1) is 0 Å². The van der Waals surface area contributed by atoms with Crippen LogP contribution >= 0.6 is 34.8 Å². The summed E-state index contributed by atoms with van der Waals surface area (Å²) >= 11 is 18.1. The first-order valence-electron chi connectivity index (χ1n) is 7.75. The fourth-order valence-electron chi connectivity index (χ4n) is 2.21. The van der Waals surface area contributed by atoms with Crippen LogP contribution in [0.15, 0.2) is 30.3 Å². The molecule has 2 rings (SSSR count). The predicted molar refractivity (Wildman–Crippen MR) is 107 cm³/mol. The van der Waals surface area contributed by atoms with Gasteiger partial charge in [0.2, 0.25) is 5.91 Å². The zero-order valence-electron chi connectivity index (χ0n) is 14.7. The minimum atomic E-state index is -0.864. The number of carbonyl (C=O) groups is 2. The number of ether oxygens (including phenoxy) is 2. The van der Waals surface area contributed by atoms with E-state index < -0.39 is 17.9 Å². The average molecular weight is 432 g/mol. The van der Waals surface area contributed by atoms with Gasteiger partial charge in [0, 0.05) is 12.1 Å². The second kappa shape index (κ2) is 9.17. The highest BCUT2D eigenvalue weighted by Crippen LogP contribution is 2.36. The molecule has 0 radical (unpaired) electrons. The minimum Gasteiger partial charge on any atom is -0.493 e. The van der Waals surface area contributed by atoms with E-state index in [0.717, 1.165) is 0 Å². The number of rotatable bonds is 6. The van der Waals surface area contributed by atoms with E-state index in [4.69, 9.17) is 44.3 Å². The molecule has 1 unspecified atom stereocenters. The van der Waals surface area contributed by atoms with Crippen molar-refractivity contribution < 1.29 is 19.1 Å². The maximum Gasteiger partial charge on any atom is 0.253 e. The van der Waals surface area contributed by atoms with Crippen LogP contribution in [0, 0.1) is 0 Å². The van der Waals surface area contributed by atoms with Crippen LogP contribution in [-0.2, 0) is 4.79 Å². The number of methoxy groups -OCH3 is 2. The monoisotopic (exact) mass is 430 g/mol. The zero-order chi connectivity index (χ0) is 20.1. The van der Waals surface area contributed by atoms with Gasteiger partial charge in [-0.3, -0.25) is 9.59 Å². The molecular weight excluding hydrogens is 415 g/mol. The van der Waals surface area contributed by atoms with Crippen molar-refractivity contribution in [2.45, 2.75) is 13.0 Å². The van der Waals surface area contributed by atoms with Crippen molar-refractivity contribution >= 4 is 52.3 Å². The zero-order valence-corrected chi connectivity index (χ0v) is 17.0. The molecule has 0 bridgehead atoms. The van der Waals surface area contributed by atoms with Gasteiger partial charge >= 0.3 is 0 Å². The second-order valence-electron chi connectivity index (χ2n) is 5.47. The maximum absolute atomic E-state index is 12.4. The summed E-state index contributed by atoms with van der Waals surface area (Å²) in [6.07, 6.45) is 0. The van der Waals surface area contributed by atoms with E-state index in [1.807, 2.05) is 0 Å². The molecule has 1 atom stereocenters. The Morgan fingerprint density at radius 3 is 2.26 bits per heavy atom. The number of hydrogen-bond acceptors (Lipinski definition) is 4. The summed E-state index contributed by atoms with van der Waals surface area (Å²) in [6, 6.07) is 6.86. The molecule has 0 aliphatic carbocycles. The average Bonchev–Trinajstić information content (AvgIpc) is 2.64. The van der Waals surface area contributed by atoms with Gasteiger partial charge in [0.05, 0.1) is 40.5 Å². The highest BCUT2D eigenvalue weighted by molar-refractivity contribution is 6.43. The summed E-state index contributed by atoms with van der Waals surface area (Å²) in [4.78, 5) is 24.8. The quantitative estimate of drug-likeness (QED) is 0.710. The molecule has 144 valence electrons. The Morgan fingerprint density at radius 1 is 1.00 bits per heavy atom. The van der Waals surface area contributed by atoms with Crippen molar-refractivity contribution in [2.24, 2.45) is 0 Å². The molecule has 0 heterocycles. The van der Waals surface area contributed by atoms with Gasteiger partial charge in [0.25, 0.3) is 5.91 Å². The molecule has 0 aromatic heterocycles. The third-order valence-electron chi connectivity index (χ3n) is 3.67. The molecule has 0 saturated carbocycles. The molecule has 0 saturated heterocycles. The van der Waals surface area contributed by atoms with Crippen molar-refractivity contribution in [1.82, 2.24) is 5.32 Å². The normalized spacial score (nSPS) is 11.5. The van der Waals surface area contributed by atoms with Gasteiger partial charge in [-0.1, -0.05) is 40.9 Å². The third kappa shape index (κ3) is 4.97. The van der Waals surface area contributed by atoms with E-state index in [0.29, 0.717) is 17.2 Å². The molecule has 2 aromatic rings. The number of hydrogen-bond donors (Lipinski definition) is 2. The van der Waals surface area contributed by atoms with Crippen LogP contribution in [0.4, 0.5) is 5.69 Å². The molecule has 2 aromatic carbocycles. The molecule has 0 fully saturated rings. The molecule has 2 amide bonds. The number of benzene rings is 2. The maximum atomic E-state index is 12.4. The Kier molecular flexibility index (Phi) is 7.18. The minimum absolute atomic E-state index is 0.118. The molecular formula is C18H17Cl3N2O4.